The summed E-state index contributed by atoms with van der Waals surface area (Å²) in [6, 6.07) is 77.8. The fourth-order valence-electron chi connectivity index (χ4n) is 9.47. The summed E-state index contributed by atoms with van der Waals surface area (Å²) in [5.41, 5.74) is 13.3. The van der Waals surface area contributed by atoms with E-state index in [0.29, 0.717) is 40.5 Å². The zero-order valence-electron chi connectivity index (χ0n) is 34.0. The van der Waals surface area contributed by atoms with Crippen molar-refractivity contribution in [2.45, 2.75) is 5.41 Å². The molecule has 63 heavy (non-hydrogen) atoms. The van der Waals surface area contributed by atoms with Gasteiger partial charge in [0.15, 0.2) is 40.5 Å². The molecule has 12 rings (SSSR count). The van der Waals surface area contributed by atoms with Crippen LogP contribution in [0.1, 0.15) is 22.3 Å². The van der Waals surface area contributed by atoms with E-state index in [-0.39, 0.29) is 0 Å². The summed E-state index contributed by atoms with van der Waals surface area (Å²) in [4.78, 5) is 15.3. The van der Waals surface area contributed by atoms with Gasteiger partial charge in [0, 0.05) is 22.3 Å². The molecule has 0 saturated heterocycles. The number of fused-ring (bicyclic) bond motifs is 6. The number of nitrogens with zero attached hydrogens (tertiary/aromatic N) is 3. The standard InChI is InChI=1S/C58H37N3O2/c1-5-18-38(19-6-1)45-28-13-14-29-46(45)57-60-55(39-20-7-2-8-21-39)59-56(61-57)42-23-17-22-40(36-42)41-32-34-50-52(37-41)63-54-51(62-50)35-33-49-53(54)47-30-15-16-31-48(47)58(49,43-24-9-3-10-25-43)44-26-11-4-12-27-44/h1-37H. The Balaban J connectivity index is 0.955. The zero-order valence-corrected chi connectivity index (χ0v) is 34.0. The summed E-state index contributed by atoms with van der Waals surface area (Å²) in [6.07, 6.45) is 0. The van der Waals surface area contributed by atoms with Crippen LogP contribution in [0.15, 0.2) is 224 Å². The van der Waals surface area contributed by atoms with Crippen molar-refractivity contribution in [2.75, 3.05) is 0 Å². The summed E-state index contributed by atoms with van der Waals surface area (Å²) in [5, 5.41) is 0. The smallest absolute Gasteiger partial charge is 0.178 e. The molecule has 1 aliphatic heterocycles. The highest BCUT2D eigenvalue weighted by Crippen LogP contribution is 2.62. The molecule has 2 heterocycles. The Kier molecular flexibility index (Phi) is 8.64. The van der Waals surface area contributed by atoms with E-state index in [1.807, 2.05) is 48.5 Å². The van der Waals surface area contributed by atoms with Crippen molar-refractivity contribution in [1.29, 1.82) is 0 Å². The molecular formula is C58H37N3O2. The predicted molar refractivity (Wildman–Crippen MR) is 251 cm³/mol. The molecule has 296 valence electrons. The lowest BCUT2D eigenvalue weighted by atomic mass is 9.68. The Morgan fingerprint density at radius 1 is 0.302 bits per heavy atom. The minimum Gasteiger partial charge on any atom is -0.449 e. The van der Waals surface area contributed by atoms with Crippen LogP contribution < -0.4 is 9.47 Å². The monoisotopic (exact) mass is 807 g/mol. The zero-order chi connectivity index (χ0) is 41.7. The van der Waals surface area contributed by atoms with Gasteiger partial charge in [-0.1, -0.05) is 200 Å². The molecule has 2 aliphatic rings. The van der Waals surface area contributed by atoms with E-state index in [1.165, 1.54) is 16.7 Å². The second kappa shape index (κ2) is 14.9. The van der Waals surface area contributed by atoms with Gasteiger partial charge < -0.3 is 9.47 Å². The minimum atomic E-state index is -0.547. The van der Waals surface area contributed by atoms with Gasteiger partial charge in [0.2, 0.25) is 0 Å². The van der Waals surface area contributed by atoms with Crippen LogP contribution in [-0.4, -0.2) is 15.0 Å². The molecule has 10 aromatic rings. The first-order valence-electron chi connectivity index (χ1n) is 21.2. The van der Waals surface area contributed by atoms with E-state index >= 15 is 0 Å². The van der Waals surface area contributed by atoms with Crippen molar-refractivity contribution in [3.8, 4) is 90.5 Å². The number of rotatable bonds is 7. The van der Waals surface area contributed by atoms with Crippen LogP contribution in [0.4, 0.5) is 0 Å². The van der Waals surface area contributed by atoms with Gasteiger partial charge in [0.25, 0.3) is 0 Å². The van der Waals surface area contributed by atoms with Gasteiger partial charge in [-0.3, -0.25) is 0 Å². The number of benzene rings is 9. The molecule has 0 unspecified atom stereocenters. The van der Waals surface area contributed by atoms with Gasteiger partial charge in [0.1, 0.15) is 0 Å². The van der Waals surface area contributed by atoms with Gasteiger partial charge in [-0.15, -0.1) is 0 Å². The summed E-state index contributed by atoms with van der Waals surface area (Å²) in [6.45, 7) is 0. The minimum absolute atomic E-state index is 0.547. The van der Waals surface area contributed by atoms with Crippen molar-refractivity contribution >= 4 is 0 Å². The molecule has 0 radical (unpaired) electrons. The molecule has 0 fully saturated rings. The van der Waals surface area contributed by atoms with E-state index in [1.54, 1.807) is 0 Å². The van der Waals surface area contributed by atoms with E-state index < -0.39 is 5.41 Å². The fraction of sp³-hybridized carbons (Fsp3) is 0.0172. The highest BCUT2D eigenvalue weighted by Gasteiger charge is 2.48. The Morgan fingerprint density at radius 3 is 1.54 bits per heavy atom. The topological polar surface area (TPSA) is 57.1 Å². The van der Waals surface area contributed by atoms with Crippen molar-refractivity contribution in [3.63, 3.8) is 0 Å². The average molecular weight is 808 g/mol. The van der Waals surface area contributed by atoms with E-state index in [9.17, 15) is 0 Å². The van der Waals surface area contributed by atoms with Crippen molar-refractivity contribution in [1.82, 2.24) is 15.0 Å². The highest BCUT2D eigenvalue weighted by molar-refractivity contribution is 5.92. The molecule has 0 saturated carbocycles. The summed E-state index contributed by atoms with van der Waals surface area (Å²) in [5.74, 6) is 4.53. The molecule has 0 N–H and O–H groups in total. The van der Waals surface area contributed by atoms with Crippen LogP contribution in [0.5, 0.6) is 23.0 Å². The molecule has 0 atom stereocenters. The van der Waals surface area contributed by atoms with E-state index in [4.69, 9.17) is 24.4 Å². The van der Waals surface area contributed by atoms with Gasteiger partial charge in [-0.2, -0.15) is 0 Å². The molecule has 9 aromatic carbocycles. The molecule has 0 bridgehead atoms. The Bertz CT molecular complexity index is 3300. The predicted octanol–water partition coefficient (Wildman–Crippen LogP) is 14.5. The largest absolute Gasteiger partial charge is 0.449 e. The highest BCUT2D eigenvalue weighted by atomic mass is 16.6. The molecule has 1 aliphatic carbocycles. The van der Waals surface area contributed by atoms with Crippen molar-refractivity contribution in [2.24, 2.45) is 0 Å². The van der Waals surface area contributed by atoms with Gasteiger partial charge in [0.05, 0.1) is 5.41 Å². The maximum Gasteiger partial charge on any atom is 0.178 e. The van der Waals surface area contributed by atoms with Crippen LogP contribution in [0.2, 0.25) is 0 Å². The Hall–Kier alpha value is -8.41. The lowest BCUT2D eigenvalue weighted by Crippen LogP contribution is -2.28. The number of hydrogen-bond donors (Lipinski definition) is 0. The van der Waals surface area contributed by atoms with Crippen molar-refractivity contribution < 1.29 is 9.47 Å². The molecule has 1 aromatic heterocycles. The number of ether oxygens (including phenoxy) is 2. The lowest BCUT2D eigenvalue weighted by Gasteiger charge is -2.34. The van der Waals surface area contributed by atoms with Gasteiger partial charge in [-0.05, 0) is 74.3 Å². The first-order valence-corrected chi connectivity index (χ1v) is 21.2. The second-order valence-corrected chi connectivity index (χ2v) is 15.9. The first kappa shape index (κ1) is 36.4. The maximum atomic E-state index is 7.04. The molecule has 5 heteroatoms. The van der Waals surface area contributed by atoms with Crippen LogP contribution in [0.3, 0.4) is 0 Å². The second-order valence-electron chi connectivity index (χ2n) is 15.9. The Morgan fingerprint density at radius 2 is 0.825 bits per heavy atom. The third-order valence-electron chi connectivity index (χ3n) is 12.3. The lowest BCUT2D eigenvalue weighted by molar-refractivity contribution is 0.360. The van der Waals surface area contributed by atoms with Gasteiger partial charge in [-0.25, -0.2) is 15.0 Å². The molecular weight excluding hydrogens is 771 g/mol. The third-order valence-corrected chi connectivity index (χ3v) is 12.3. The molecule has 5 nitrogen and oxygen atoms in total. The van der Waals surface area contributed by atoms with Crippen LogP contribution in [0.25, 0.3) is 67.5 Å². The normalized spacial score (nSPS) is 12.8. The summed E-state index contributed by atoms with van der Waals surface area (Å²) >= 11 is 0. The Labute approximate surface area is 365 Å². The van der Waals surface area contributed by atoms with Crippen LogP contribution >= 0.6 is 0 Å². The maximum absolute atomic E-state index is 7.04. The fourth-order valence-corrected chi connectivity index (χ4v) is 9.47. The summed E-state index contributed by atoms with van der Waals surface area (Å²) in [7, 11) is 0. The first-order chi connectivity index (χ1) is 31.2. The number of aromatic nitrogens is 3. The SMILES string of the molecule is c1ccc(-c2nc(-c3cccc(-c4ccc5c(c4)Oc4c(ccc6c4-c4ccccc4C6(c4ccccc4)c4ccccc4)O5)c3)nc(-c3ccccc3-c3ccccc3)n2)cc1. The van der Waals surface area contributed by atoms with E-state index in [2.05, 4.69) is 176 Å². The van der Waals surface area contributed by atoms with Crippen LogP contribution in [-0.2, 0) is 5.41 Å². The summed E-state index contributed by atoms with van der Waals surface area (Å²) < 4.78 is 13.7. The third kappa shape index (κ3) is 6.05. The van der Waals surface area contributed by atoms with Crippen LogP contribution in [0, 0.1) is 0 Å². The molecule has 0 spiro atoms. The van der Waals surface area contributed by atoms with Crippen molar-refractivity contribution in [3.05, 3.63) is 247 Å². The quantitative estimate of drug-likeness (QED) is 0.161. The molecule has 0 amide bonds. The average Bonchev–Trinajstić information content (AvgIpc) is 3.68. The van der Waals surface area contributed by atoms with E-state index in [0.717, 1.165) is 55.6 Å². The van der Waals surface area contributed by atoms with Gasteiger partial charge >= 0.3 is 0 Å². The number of hydrogen-bond acceptors (Lipinski definition) is 5.